The van der Waals surface area contributed by atoms with Crippen LogP contribution in [-0.2, 0) is 4.79 Å². The minimum absolute atomic E-state index is 0.0115. The van der Waals surface area contributed by atoms with Gasteiger partial charge >= 0.3 is 12.0 Å². The molecule has 0 heterocycles. The lowest BCUT2D eigenvalue weighted by Crippen LogP contribution is -2.38. The summed E-state index contributed by atoms with van der Waals surface area (Å²) in [5.41, 5.74) is 0.622. The molecule has 0 aliphatic rings. The second kappa shape index (κ2) is 8.60. The molecular weight excluding hydrogens is 290 g/mol. The molecule has 0 saturated carbocycles. The Morgan fingerprint density at radius 1 is 1.41 bits per heavy atom. The molecule has 0 fully saturated rings. The number of benzene rings is 1. The van der Waals surface area contributed by atoms with Gasteiger partial charge in [0.05, 0.1) is 11.0 Å². The van der Waals surface area contributed by atoms with Crippen LogP contribution >= 0.6 is 0 Å². The lowest BCUT2D eigenvalue weighted by molar-refractivity contribution is -0.384. The van der Waals surface area contributed by atoms with Crippen molar-refractivity contribution in [3.8, 4) is 0 Å². The van der Waals surface area contributed by atoms with Crippen LogP contribution in [0.4, 0.5) is 10.5 Å². The average Bonchev–Trinajstić information content (AvgIpc) is 2.49. The Hall–Kier alpha value is -2.64. The number of urea groups is 1. The second-order valence-electron chi connectivity index (χ2n) is 4.71. The van der Waals surface area contributed by atoms with Crippen molar-refractivity contribution < 1.29 is 19.6 Å². The summed E-state index contributed by atoms with van der Waals surface area (Å²) in [5, 5.41) is 24.6. The standard InChI is InChI=1S/C14H19N3O5/c1-2-12(10-5-3-6-11(9-10)17(21)22)16-14(20)15-8-4-7-13(18)19/h3,5-6,9,12H,2,4,7-8H2,1H3,(H,18,19)(H2,15,16,20). The van der Waals surface area contributed by atoms with Gasteiger partial charge in [-0.05, 0) is 18.4 Å². The van der Waals surface area contributed by atoms with E-state index in [2.05, 4.69) is 10.6 Å². The first-order valence-corrected chi connectivity index (χ1v) is 6.94. The summed E-state index contributed by atoms with van der Waals surface area (Å²) in [6.07, 6.45) is 0.905. The number of non-ortho nitro benzene ring substituents is 1. The van der Waals surface area contributed by atoms with Gasteiger partial charge in [-0.1, -0.05) is 19.1 Å². The molecule has 0 spiro atoms. The van der Waals surface area contributed by atoms with E-state index in [4.69, 9.17) is 5.11 Å². The number of nitrogens with one attached hydrogen (secondary N) is 2. The highest BCUT2D eigenvalue weighted by molar-refractivity contribution is 5.74. The fourth-order valence-electron chi connectivity index (χ4n) is 1.93. The summed E-state index contributed by atoms with van der Waals surface area (Å²) >= 11 is 0. The number of aliphatic carboxylic acids is 1. The largest absolute Gasteiger partial charge is 0.481 e. The number of hydrogen-bond acceptors (Lipinski definition) is 4. The van der Waals surface area contributed by atoms with Crippen LogP contribution in [0.1, 0.15) is 37.8 Å². The van der Waals surface area contributed by atoms with Gasteiger partial charge in [-0.15, -0.1) is 0 Å². The average molecular weight is 309 g/mol. The third kappa shape index (κ3) is 5.78. The minimum Gasteiger partial charge on any atom is -0.481 e. The second-order valence-corrected chi connectivity index (χ2v) is 4.71. The molecule has 0 bridgehead atoms. The molecule has 8 nitrogen and oxygen atoms in total. The number of carboxylic acid groups (broad SMARTS) is 1. The lowest BCUT2D eigenvalue weighted by Gasteiger charge is -2.17. The van der Waals surface area contributed by atoms with Crippen molar-refractivity contribution in [1.29, 1.82) is 0 Å². The fraction of sp³-hybridized carbons (Fsp3) is 0.429. The Labute approximate surface area is 127 Å². The molecule has 120 valence electrons. The van der Waals surface area contributed by atoms with Crippen LogP contribution in [0.2, 0.25) is 0 Å². The Morgan fingerprint density at radius 2 is 2.14 bits per heavy atom. The topological polar surface area (TPSA) is 122 Å². The van der Waals surface area contributed by atoms with Crippen molar-refractivity contribution in [3.05, 3.63) is 39.9 Å². The van der Waals surface area contributed by atoms with Crippen molar-refractivity contribution >= 4 is 17.7 Å². The molecule has 1 unspecified atom stereocenters. The van der Waals surface area contributed by atoms with Crippen LogP contribution in [0.3, 0.4) is 0 Å². The highest BCUT2D eigenvalue weighted by Gasteiger charge is 2.15. The van der Waals surface area contributed by atoms with Gasteiger partial charge in [0.25, 0.3) is 5.69 Å². The zero-order chi connectivity index (χ0) is 16.5. The van der Waals surface area contributed by atoms with Crippen molar-refractivity contribution in [2.45, 2.75) is 32.2 Å². The number of nitro groups is 1. The maximum absolute atomic E-state index is 11.7. The summed E-state index contributed by atoms with van der Waals surface area (Å²) in [6, 6.07) is 5.33. The normalized spacial score (nSPS) is 11.5. The maximum atomic E-state index is 11.7. The van der Waals surface area contributed by atoms with Gasteiger partial charge in [-0.3, -0.25) is 14.9 Å². The number of hydrogen-bond donors (Lipinski definition) is 3. The summed E-state index contributed by atoms with van der Waals surface area (Å²) < 4.78 is 0. The number of amides is 2. The molecule has 0 radical (unpaired) electrons. The van der Waals surface area contributed by atoms with Crippen LogP contribution < -0.4 is 10.6 Å². The van der Waals surface area contributed by atoms with E-state index in [1.54, 1.807) is 12.1 Å². The number of nitrogens with zero attached hydrogens (tertiary/aromatic N) is 1. The smallest absolute Gasteiger partial charge is 0.315 e. The molecule has 8 heteroatoms. The van der Waals surface area contributed by atoms with Gasteiger partial charge in [0, 0.05) is 25.1 Å². The van der Waals surface area contributed by atoms with E-state index >= 15 is 0 Å². The van der Waals surface area contributed by atoms with Gasteiger partial charge in [0.15, 0.2) is 0 Å². The summed E-state index contributed by atoms with van der Waals surface area (Å²) in [4.78, 5) is 32.4. The van der Waals surface area contributed by atoms with Crippen LogP contribution in [0, 0.1) is 10.1 Å². The fourth-order valence-corrected chi connectivity index (χ4v) is 1.93. The number of rotatable bonds is 8. The quantitative estimate of drug-likeness (QED) is 0.386. The first-order chi connectivity index (χ1) is 10.4. The lowest BCUT2D eigenvalue weighted by atomic mass is 10.0. The molecule has 0 aliphatic heterocycles. The Kier molecular flexibility index (Phi) is 6.81. The van der Waals surface area contributed by atoms with Crippen LogP contribution in [0.15, 0.2) is 24.3 Å². The minimum atomic E-state index is -0.912. The van der Waals surface area contributed by atoms with Gasteiger partial charge in [-0.25, -0.2) is 4.79 Å². The molecule has 2 amide bonds. The molecule has 1 rings (SSSR count). The van der Waals surface area contributed by atoms with Crippen LogP contribution in [0.25, 0.3) is 0 Å². The molecule has 1 atom stereocenters. The Balaban J connectivity index is 2.57. The monoisotopic (exact) mass is 309 g/mol. The van der Waals surface area contributed by atoms with E-state index in [0.29, 0.717) is 18.4 Å². The Morgan fingerprint density at radius 3 is 2.73 bits per heavy atom. The molecule has 1 aromatic rings. The third-order valence-corrected chi connectivity index (χ3v) is 3.05. The molecular formula is C14H19N3O5. The summed E-state index contributed by atoms with van der Waals surface area (Å²) in [5.74, 6) is -0.912. The SMILES string of the molecule is CCC(NC(=O)NCCCC(=O)O)c1cccc([N+](=O)[O-])c1. The number of nitro benzene ring substituents is 1. The molecule has 0 saturated heterocycles. The predicted molar refractivity (Wildman–Crippen MR) is 79.5 cm³/mol. The zero-order valence-electron chi connectivity index (χ0n) is 12.2. The van der Waals surface area contributed by atoms with Crippen LogP contribution in [-0.4, -0.2) is 28.6 Å². The van der Waals surface area contributed by atoms with E-state index in [1.165, 1.54) is 12.1 Å². The van der Waals surface area contributed by atoms with E-state index in [9.17, 15) is 19.7 Å². The zero-order valence-corrected chi connectivity index (χ0v) is 12.2. The highest BCUT2D eigenvalue weighted by Crippen LogP contribution is 2.21. The molecule has 0 aliphatic carbocycles. The van der Waals surface area contributed by atoms with Gasteiger partial charge in [0.2, 0.25) is 0 Å². The van der Waals surface area contributed by atoms with E-state index in [-0.39, 0.29) is 24.7 Å². The molecule has 0 aromatic heterocycles. The molecule has 3 N–H and O–H groups in total. The van der Waals surface area contributed by atoms with Crippen molar-refractivity contribution in [2.75, 3.05) is 6.54 Å². The van der Waals surface area contributed by atoms with Crippen molar-refractivity contribution in [1.82, 2.24) is 10.6 Å². The summed E-state index contributed by atoms with van der Waals surface area (Å²) in [6.45, 7) is 2.11. The van der Waals surface area contributed by atoms with Gasteiger partial charge < -0.3 is 15.7 Å². The van der Waals surface area contributed by atoms with E-state index in [1.807, 2.05) is 6.92 Å². The third-order valence-electron chi connectivity index (χ3n) is 3.05. The molecule has 22 heavy (non-hydrogen) atoms. The maximum Gasteiger partial charge on any atom is 0.315 e. The Bertz CT molecular complexity index is 547. The molecule has 1 aromatic carbocycles. The van der Waals surface area contributed by atoms with E-state index in [0.717, 1.165) is 0 Å². The first kappa shape index (κ1) is 17.4. The van der Waals surface area contributed by atoms with Gasteiger partial charge in [-0.2, -0.15) is 0 Å². The predicted octanol–water partition coefficient (Wildman–Crippen LogP) is 2.21. The highest BCUT2D eigenvalue weighted by atomic mass is 16.6. The summed E-state index contributed by atoms with van der Waals surface area (Å²) in [7, 11) is 0. The van der Waals surface area contributed by atoms with E-state index < -0.39 is 16.9 Å². The number of carbonyl (C=O) groups is 2. The van der Waals surface area contributed by atoms with Gasteiger partial charge in [0.1, 0.15) is 0 Å². The van der Waals surface area contributed by atoms with Crippen molar-refractivity contribution in [2.24, 2.45) is 0 Å². The number of carboxylic acids is 1. The van der Waals surface area contributed by atoms with Crippen molar-refractivity contribution in [3.63, 3.8) is 0 Å². The number of carbonyl (C=O) groups excluding carboxylic acids is 1. The first-order valence-electron chi connectivity index (χ1n) is 6.94. The van der Waals surface area contributed by atoms with Crippen LogP contribution in [0.5, 0.6) is 0 Å².